The van der Waals surface area contributed by atoms with Gasteiger partial charge in [0.2, 0.25) is 0 Å². The van der Waals surface area contributed by atoms with Crippen LogP contribution in [0.4, 0.5) is 11.4 Å². The zero-order chi connectivity index (χ0) is 70.5. The summed E-state index contributed by atoms with van der Waals surface area (Å²) in [7, 11) is -0.410. The van der Waals surface area contributed by atoms with Crippen LogP contribution in [0, 0.1) is 20.2 Å². The number of hydrogen-bond acceptors (Lipinski definition) is 6. The van der Waals surface area contributed by atoms with E-state index in [0.717, 1.165) is 44.2 Å². The van der Waals surface area contributed by atoms with Crippen LogP contribution in [0.3, 0.4) is 0 Å². The highest BCUT2D eigenvalue weighted by Crippen LogP contribution is 2.65. The summed E-state index contributed by atoms with van der Waals surface area (Å²) in [5.74, 6) is 0. The van der Waals surface area contributed by atoms with Crippen molar-refractivity contribution in [3.63, 3.8) is 0 Å². The van der Waals surface area contributed by atoms with Crippen molar-refractivity contribution in [2.24, 2.45) is 0 Å². The van der Waals surface area contributed by atoms with Crippen LogP contribution >= 0.6 is 15.9 Å². The molecule has 0 bridgehead atoms. The molecule has 0 N–H and O–H groups in total. The Labute approximate surface area is 624 Å². The van der Waals surface area contributed by atoms with Crippen molar-refractivity contribution in [2.75, 3.05) is 0 Å². The van der Waals surface area contributed by atoms with Gasteiger partial charge in [-0.25, -0.2) is 0 Å². The molecule has 106 heavy (non-hydrogen) atoms. The molecule has 10 nitrogen and oxygen atoms in total. The van der Waals surface area contributed by atoms with E-state index in [0.29, 0.717) is 10.0 Å². The molecule has 21 rings (SSSR count). The molecule has 0 amide bonds. The summed E-state index contributed by atoms with van der Waals surface area (Å²) in [4.78, 5) is 21.4. The van der Waals surface area contributed by atoms with E-state index in [4.69, 9.17) is 9.31 Å². The van der Waals surface area contributed by atoms with Crippen LogP contribution in [0.25, 0.3) is 111 Å². The van der Waals surface area contributed by atoms with E-state index in [1.807, 2.05) is 18.2 Å². The Morgan fingerprint density at radius 2 is 0.642 bits per heavy atom. The van der Waals surface area contributed by atoms with Gasteiger partial charge in [0.1, 0.15) is 0 Å². The van der Waals surface area contributed by atoms with Gasteiger partial charge >= 0.3 is 7.12 Å². The van der Waals surface area contributed by atoms with E-state index < -0.39 is 28.7 Å². The Hall–Kier alpha value is -12.1. The standard InChI is InChI=1S/C43H34BNO2.C43H26N2O2.C6H4BrNO2.2CH4/c1-41(2)42(3,4)47-44(46-41)27-21-24-40-34(25-27)33-16-8-12-20-39(33)45(40)28-22-23-32-31-15-7-11-19-37(31)43(38(32)26-28)35-17-9-5-13-29(35)30-14-6-10-18-36(30)43;46-45(47)42-20-10-4-11-29(42)27-21-24-41-35(25-27)34-15-5-9-19-40(34)44(41)28-22-23-33-32-14-3-8-18-38(32)43(39(33)26-28)36-16-6-1-12-30(36)31-13-2-7-17-37(31)43;7-5-3-1-2-4-6(5)8(9)10;;/h5-26H,1-4H3;1-26H;1-4H;2*1H4. The topological polar surface area (TPSA) is 115 Å². The highest BCUT2D eigenvalue weighted by molar-refractivity contribution is 9.10. The lowest BCUT2D eigenvalue weighted by Gasteiger charge is -2.32. The lowest BCUT2D eigenvalue weighted by Crippen LogP contribution is -2.41. The SMILES string of the molecule is C.C.CC1(C)OB(c2ccc3c(c2)c2ccccc2n3-c2ccc3c(c2)C2(c4ccccc4-c4ccccc42)c2ccccc2-3)OC1(C)C.O=[N+]([O-])c1ccccc1-c1ccc2c(c1)c1ccccc1n2-c1ccc2c(c1)C1(c3ccccc3-c3ccccc31)c1ccccc1-2.O=[N+]([O-])c1ccccc1Br. The highest BCUT2D eigenvalue weighted by atomic mass is 79.9. The third kappa shape index (κ3) is 9.63. The number of hydrogen-bond donors (Lipinski definition) is 0. The van der Waals surface area contributed by atoms with Crippen molar-refractivity contribution in [3.8, 4) is 67.0 Å². The molecule has 14 aromatic carbocycles. The number of nitro groups is 2. The second-order valence-electron chi connectivity index (χ2n) is 28.5. The lowest BCUT2D eigenvalue weighted by molar-refractivity contribution is -0.385. The summed E-state index contributed by atoms with van der Waals surface area (Å²) in [6.07, 6.45) is 0. The van der Waals surface area contributed by atoms with E-state index in [1.165, 1.54) is 117 Å². The summed E-state index contributed by atoms with van der Waals surface area (Å²) >= 11 is 3.06. The number of aromatic nitrogens is 2. The van der Waals surface area contributed by atoms with Crippen LogP contribution in [0.5, 0.6) is 0 Å². The van der Waals surface area contributed by atoms with Gasteiger partial charge in [-0.15, -0.1) is 0 Å². The van der Waals surface area contributed by atoms with E-state index in [-0.39, 0.29) is 36.6 Å². The normalized spacial score (nSPS) is 14.7. The molecule has 0 radical (unpaired) electrons. The lowest BCUT2D eigenvalue weighted by atomic mass is 9.70. The smallest absolute Gasteiger partial charge is 0.399 e. The molecule has 4 aliphatic carbocycles. The van der Waals surface area contributed by atoms with E-state index in [1.54, 1.807) is 30.3 Å². The quantitative estimate of drug-likeness (QED) is 0.0930. The third-order valence-corrected chi connectivity index (χ3v) is 23.5. The van der Waals surface area contributed by atoms with Crippen LogP contribution in [-0.4, -0.2) is 37.3 Å². The highest BCUT2D eigenvalue weighted by Gasteiger charge is 2.54. The molecule has 514 valence electrons. The second-order valence-corrected chi connectivity index (χ2v) is 29.4. The summed E-state index contributed by atoms with van der Waals surface area (Å²) in [6.45, 7) is 8.43. The minimum absolute atomic E-state index is 0. The summed E-state index contributed by atoms with van der Waals surface area (Å²) in [5, 5.41) is 26.7. The Balaban J connectivity index is 0.000000136. The Kier molecular flexibility index (Phi) is 15.9. The molecule has 2 spiro atoms. The molecule has 1 fully saturated rings. The van der Waals surface area contributed by atoms with Gasteiger partial charge in [-0.2, -0.15) is 0 Å². The monoisotopic (exact) mass is 1440 g/mol. The van der Waals surface area contributed by atoms with Gasteiger partial charge in [-0.1, -0.05) is 251 Å². The van der Waals surface area contributed by atoms with Gasteiger partial charge in [0.25, 0.3) is 11.4 Å². The van der Waals surface area contributed by atoms with Crippen LogP contribution in [0.2, 0.25) is 0 Å². The maximum Gasteiger partial charge on any atom is 0.494 e. The van der Waals surface area contributed by atoms with Gasteiger partial charge < -0.3 is 18.4 Å². The fourth-order valence-electron chi connectivity index (χ4n) is 17.7. The summed E-state index contributed by atoms with van der Waals surface area (Å²) < 4.78 is 18.2. The minimum atomic E-state index is -0.427. The molecule has 1 saturated heterocycles. The minimum Gasteiger partial charge on any atom is -0.399 e. The van der Waals surface area contributed by atoms with Crippen LogP contribution in [0.1, 0.15) is 87.1 Å². The molecule has 0 atom stereocenters. The van der Waals surface area contributed by atoms with Gasteiger partial charge in [0.05, 0.1) is 64.0 Å². The maximum atomic E-state index is 11.9. The first-order valence-corrected chi connectivity index (χ1v) is 35.9. The number of fused-ring (bicyclic) bond motifs is 26. The summed E-state index contributed by atoms with van der Waals surface area (Å²) in [5.41, 5.74) is 28.9. The number of para-hydroxylation sites is 4. The fraction of sp³-hybridized carbons (Fsp3) is 0.106. The average Bonchev–Trinajstić information content (AvgIpc) is 1.51. The Morgan fingerprint density at radius 3 is 1.04 bits per heavy atom. The molecule has 0 unspecified atom stereocenters. The van der Waals surface area contributed by atoms with Gasteiger partial charge in [-0.05, 0) is 210 Å². The van der Waals surface area contributed by atoms with Crippen molar-refractivity contribution in [3.05, 3.63) is 385 Å². The molecule has 0 saturated carbocycles. The fourth-order valence-corrected chi connectivity index (χ4v) is 18.2. The molecule has 3 heterocycles. The number of nitro benzene ring substituents is 2. The predicted octanol–water partition coefficient (Wildman–Crippen LogP) is 23.8. The van der Waals surface area contributed by atoms with Crippen LogP contribution in [-0.2, 0) is 20.1 Å². The first kappa shape index (κ1) is 67.1. The molecular weight excluding hydrogens is 1370 g/mol. The van der Waals surface area contributed by atoms with Crippen molar-refractivity contribution in [2.45, 2.75) is 64.6 Å². The Bertz CT molecular complexity index is 6200. The molecule has 1 aliphatic heterocycles. The van der Waals surface area contributed by atoms with Gasteiger partial charge in [0, 0.05) is 45.1 Å². The summed E-state index contributed by atoms with van der Waals surface area (Å²) in [6, 6.07) is 111. The average molecular weight is 1440 g/mol. The zero-order valence-corrected chi connectivity index (χ0v) is 58.8. The van der Waals surface area contributed by atoms with Crippen LogP contribution < -0.4 is 5.46 Å². The third-order valence-electron chi connectivity index (χ3n) is 22.8. The molecule has 5 aliphatic rings. The first-order chi connectivity index (χ1) is 50.7. The first-order valence-electron chi connectivity index (χ1n) is 35.1. The molecule has 2 aromatic heterocycles. The predicted molar refractivity (Wildman–Crippen MR) is 436 cm³/mol. The zero-order valence-electron chi connectivity index (χ0n) is 57.2. The van der Waals surface area contributed by atoms with Gasteiger partial charge in [0.15, 0.2) is 0 Å². The van der Waals surface area contributed by atoms with Crippen molar-refractivity contribution in [1.29, 1.82) is 0 Å². The number of halogens is 1. The number of rotatable bonds is 6. The van der Waals surface area contributed by atoms with Crippen molar-refractivity contribution >= 4 is 83.5 Å². The van der Waals surface area contributed by atoms with E-state index in [9.17, 15) is 20.2 Å². The van der Waals surface area contributed by atoms with Crippen molar-refractivity contribution < 1.29 is 19.2 Å². The maximum absolute atomic E-state index is 11.9. The van der Waals surface area contributed by atoms with E-state index >= 15 is 0 Å². The second kappa shape index (κ2) is 25.1. The number of benzene rings is 14. The molecule has 12 heteroatoms. The Morgan fingerprint density at radius 1 is 0.321 bits per heavy atom. The molecule has 16 aromatic rings. The number of nitrogens with zero attached hydrogens (tertiary/aromatic N) is 4. The van der Waals surface area contributed by atoms with Gasteiger partial charge in [-0.3, -0.25) is 20.2 Å². The van der Waals surface area contributed by atoms with E-state index in [2.05, 4.69) is 314 Å². The molecular formula is C94H72BBrN4O6. The van der Waals surface area contributed by atoms with Crippen molar-refractivity contribution in [1.82, 2.24) is 9.13 Å². The van der Waals surface area contributed by atoms with Crippen LogP contribution in [0.15, 0.2) is 320 Å². The largest absolute Gasteiger partial charge is 0.494 e.